The Bertz CT molecular complexity index is 220. The smallest absolute Gasteiger partial charge is 0.216 e. The van der Waals surface area contributed by atoms with Crippen LogP contribution >= 0.6 is 0 Å². The summed E-state index contributed by atoms with van der Waals surface area (Å²) < 4.78 is 5.36. The first kappa shape index (κ1) is 10.5. The summed E-state index contributed by atoms with van der Waals surface area (Å²) in [5.74, 6) is 0.465. The molecule has 0 aromatic carbocycles. The van der Waals surface area contributed by atoms with Gasteiger partial charge in [-0.1, -0.05) is 20.8 Å². The third-order valence-corrected chi connectivity index (χ3v) is 2.17. The van der Waals surface area contributed by atoms with Crippen LogP contribution in [0, 0.1) is 5.41 Å². The zero-order valence-corrected chi connectivity index (χ0v) is 9.09. The Hall–Kier alpha value is -0.570. The van der Waals surface area contributed by atoms with E-state index in [9.17, 15) is 5.11 Å². The highest BCUT2D eigenvalue weighted by Crippen LogP contribution is 2.27. The predicted octanol–water partition coefficient (Wildman–Crippen LogP) is 1.60. The summed E-state index contributed by atoms with van der Waals surface area (Å²) in [7, 11) is 0. The van der Waals surface area contributed by atoms with Gasteiger partial charge in [-0.05, 0) is 19.3 Å². The second kappa shape index (κ2) is 2.98. The first-order chi connectivity index (χ1) is 5.71. The monoisotopic (exact) mass is 185 g/mol. The Morgan fingerprint density at radius 3 is 2.08 bits per heavy atom. The van der Waals surface area contributed by atoms with E-state index in [0.29, 0.717) is 12.5 Å². The van der Waals surface area contributed by atoms with Gasteiger partial charge in [0.2, 0.25) is 5.90 Å². The van der Waals surface area contributed by atoms with Crippen LogP contribution in [0.1, 0.15) is 34.6 Å². The number of hydrogen-bond donors (Lipinski definition) is 1. The Kier molecular flexibility index (Phi) is 2.41. The summed E-state index contributed by atoms with van der Waals surface area (Å²) in [6.45, 7) is 10.3. The Labute approximate surface area is 79.8 Å². The standard InChI is InChI=1S/C10H19NO2/c1-9(2,3)7-6-13-8(11-7)10(4,5)12/h7,12H,6H2,1-5H3. The van der Waals surface area contributed by atoms with E-state index in [1.165, 1.54) is 0 Å². The fraction of sp³-hybridized carbons (Fsp3) is 0.900. The highest BCUT2D eigenvalue weighted by Gasteiger charge is 2.35. The number of ether oxygens (including phenoxy) is 1. The van der Waals surface area contributed by atoms with E-state index in [-0.39, 0.29) is 11.5 Å². The van der Waals surface area contributed by atoms with Crippen LogP contribution in [0.2, 0.25) is 0 Å². The molecule has 0 radical (unpaired) electrons. The van der Waals surface area contributed by atoms with E-state index >= 15 is 0 Å². The van der Waals surface area contributed by atoms with Crippen LogP contribution in [0.3, 0.4) is 0 Å². The molecule has 1 rings (SSSR count). The van der Waals surface area contributed by atoms with Crippen molar-refractivity contribution < 1.29 is 9.84 Å². The first-order valence-corrected chi connectivity index (χ1v) is 4.65. The van der Waals surface area contributed by atoms with Gasteiger partial charge in [0.05, 0.1) is 6.04 Å². The van der Waals surface area contributed by atoms with E-state index in [1.807, 2.05) is 0 Å². The average molecular weight is 185 g/mol. The van der Waals surface area contributed by atoms with Crippen molar-refractivity contribution in [2.75, 3.05) is 6.61 Å². The zero-order chi connectivity index (χ0) is 10.3. The normalized spacial score (nSPS) is 24.2. The molecule has 1 aliphatic rings. The van der Waals surface area contributed by atoms with E-state index in [1.54, 1.807) is 13.8 Å². The quantitative estimate of drug-likeness (QED) is 0.674. The Morgan fingerprint density at radius 1 is 1.31 bits per heavy atom. The molecule has 0 aliphatic carbocycles. The van der Waals surface area contributed by atoms with Crippen molar-refractivity contribution in [2.24, 2.45) is 10.4 Å². The third kappa shape index (κ3) is 2.44. The fourth-order valence-corrected chi connectivity index (χ4v) is 1.15. The molecule has 0 saturated heterocycles. The highest BCUT2D eigenvalue weighted by atomic mass is 16.5. The molecule has 3 heteroatoms. The molecule has 0 aromatic rings. The SMILES string of the molecule is CC(C)(O)C1=NC(C(C)(C)C)CO1. The van der Waals surface area contributed by atoms with Crippen LogP contribution in [-0.4, -0.2) is 29.3 Å². The first-order valence-electron chi connectivity index (χ1n) is 4.65. The lowest BCUT2D eigenvalue weighted by molar-refractivity contribution is 0.118. The van der Waals surface area contributed by atoms with E-state index < -0.39 is 5.60 Å². The minimum Gasteiger partial charge on any atom is -0.477 e. The lowest BCUT2D eigenvalue weighted by Gasteiger charge is -2.22. The summed E-state index contributed by atoms with van der Waals surface area (Å²) in [5.41, 5.74) is -0.840. The van der Waals surface area contributed by atoms with Gasteiger partial charge in [-0.3, -0.25) is 0 Å². The number of rotatable bonds is 1. The number of aliphatic hydroxyl groups is 1. The molecule has 0 aromatic heterocycles. The molecule has 1 heterocycles. The third-order valence-electron chi connectivity index (χ3n) is 2.17. The minimum atomic E-state index is -0.944. The van der Waals surface area contributed by atoms with Gasteiger partial charge in [-0.15, -0.1) is 0 Å². The van der Waals surface area contributed by atoms with Gasteiger partial charge < -0.3 is 9.84 Å². The fourth-order valence-electron chi connectivity index (χ4n) is 1.15. The molecule has 3 nitrogen and oxygen atoms in total. The molecule has 1 aliphatic heterocycles. The molecule has 0 saturated carbocycles. The lowest BCUT2D eigenvalue weighted by Crippen LogP contribution is -2.31. The van der Waals surface area contributed by atoms with Gasteiger partial charge in [0.15, 0.2) is 0 Å². The Balaban J connectivity index is 2.76. The Morgan fingerprint density at radius 2 is 1.85 bits per heavy atom. The van der Waals surface area contributed by atoms with Crippen LogP contribution in [0.15, 0.2) is 4.99 Å². The molecule has 1 atom stereocenters. The topological polar surface area (TPSA) is 41.8 Å². The maximum Gasteiger partial charge on any atom is 0.216 e. The van der Waals surface area contributed by atoms with E-state index in [2.05, 4.69) is 25.8 Å². The molecule has 1 N–H and O–H groups in total. The van der Waals surface area contributed by atoms with Gasteiger partial charge in [-0.2, -0.15) is 0 Å². The van der Waals surface area contributed by atoms with E-state index in [0.717, 1.165) is 0 Å². The van der Waals surface area contributed by atoms with Gasteiger partial charge in [0.1, 0.15) is 12.2 Å². The predicted molar refractivity (Wildman–Crippen MR) is 52.9 cm³/mol. The maximum atomic E-state index is 9.65. The number of nitrogens with zero attached hydrogens (tertiary/aromatic N) is 1. The van der Waals surface area contributed by atoms with Crippen molar-refractivity contribution in [2.45, 2.75) is 46.3 Å². The van der Waals surface area contributed by atoms with Crippen LogP contribution in [-0.2, 0) is 4.74 Å². The van der Waals surface area contributed by atoms with Gasteiger partial charge in [-0.25, -0.2) is 4.99 Å². The highest BCUT2D eigenvalue weighted by molar-refractivity contribution is 5.85. The second-order valence-corrected chi connectivity index (χ2v) is 5.19. The van der Waals surface area contributed by atoms with Crippen LogP contribution in [0.5, 0.6) is 0 Å². The van der Waals surface area contributed by atoms with Crippen molar-refractivity contribution in [1.29, 1.82) is 0 Å². The summed E-state index contributed by atoms with van der Waals surface area (Å²) in [6, 6.07) is 0.161. The molecular formula is C10H19NO2. The largest absolute Gasteiger partial charge is 0.477 e. The average Bonchev–Trinajstić information content (AvgIpc) is 2.28. The van der Waals surface area contributed by atoms with Crippen molar-refractivity contribution in [3.63, 3.8) is 0 Å². The van der Waals surface area contributed by atoms with Gasteiger partial charge >= 0.3 is 0 Å². The van der Waals surface area contributed by atoms with Crippen molar-refractivity contribution in [1.82, 2.24) is 0 Å². The number of hydrogen-bond acceptors (Lipinski definition) is 3. The van der Waals surface area contributed by atoms with Crippen molar-refractivity contribution in [3.8, 4) is 0 Å². The maximum absolute atomic E-state index is 9.65. The van der Waals surface area contributed by atoms with Gasteiger partial charge in [0, 0.05) is 0 Å². The zero-order valence-electron chi connectivity index (χ0n) is 9.09. The summed E-state index contributed by atoms with van der Waals surface area (Å²) >= 11 is 0. The van der Waals surface area contributed by atoms with Crippen molar-refractivity contribution in [3.05, 3.63) is 0 Å². The number of aliphatic imine (C=N–C) groups is 1. The molecule has 0 fully saturated rings. The molecule has 0 spiro atoms. The van der Waals surface area contributed by atoms with Gasteiger partial charge in [0.25, 0.3) is 0 Å². The molecule has 0 amide bonds. The molecular weight excluding hydrogens is 166 g/mol. The van der Waals surface area contributed by atoms with E-state index in [4.69, 9.17) is 4.74 Å². The van der Waals surface area contributed by atoms with Crippen molar-refractivity contribution >= 4 is 5.90 Å². The summed E-state index contributed by atoms with van der Waals surface area (Å²) in [4.78, 5) is 4.38. The lowest BCUT2D eigenvalue weighted by atomic mass is 9.88. The minimum absolute atomic E-state index is 0.104. The van der Waals surface area contributed by atoms with Crippen LogP contribution in [0.4, 0.5) is 0 Å². The van der Waals surface area contributed by atoms with Crippen LogP contribution < -0.4 is 0 Å². The second-order valence-electron chi connectivity index (χ2n) is 5.19. The summed E-state index contributed by atoms with van der Waals surface area (Å²) in [5, 5.41) is 9.65. The molecule has 1 unspecified atom stereocenters. The molecule has 13 heavy (non-hydrogen) atoms. The molecule has 76 valence electrons. The van der Waals surface area contributed by atoms with Crippen LogP contribution in [0.25, 0.3) is 0 Å². The summed E-state index contributed by atoms with van der Waals surface area (Å²) in [6.07, 6.45) is 0. The molecule has 0 bridgehead atoms.